The van der Waals surface area contributed by atoms with Crippen molar-refractivity contribution in [1.82, 2.24) is 9.80 Å². The number of nitrogens with zero attached hydrogens (tertiary/aromatic N) is 3. The standard InChI is InChI=1S/C35H43N3O5/c1-3-19-36-20-11-17-34(4-2)28(31(36)40)29-32(41)38(21-9-5-6-10-23-39)30-33(42)37(22-12-18-35(29,30)43-34)27-16-15-25-13-7-8-14-26(25)24-27/h7-8,11-18,24,28-30,39H,3-6,9-10,19-23H2,1-2H3/t28-,29-,30?,34+,35-/m0/s1. The van der Waals surface area contributed by atoms with Gasteiger partial charge in [0.15, 0.2) is 0 Å². The van der Waals surface area contributed by atoms with Crippen LogP contribution in [-0.4, -0.2) is 82.7 Å². The molecule has 43 heavy (non-hydrogen) atoms. The molecular weight excluding hydrogens is 542 g/mol. The van der Waals surface area contributed by atoms with Crippen molar-refractivity contribution in [2.75, 3.05) is 37.7 Å². The summed E-state index contributed by atoms with van der Waals surface area (Å²) in [7, 11) is 0. The van der Waals surface area contributed by atoms with Crippen LogP contribution in [0.4, 0.5) is 5.69 Å². The van der Waals surface area contributed by atoms with E-state index in [1.54, 1.807) is 9.80 Å². The molecule has 2 aromatic carbocycles. The lowest BCUT2D eigenvalue weighted by atomic mass is 9.73. The van der Waals surface area contributed by atoms with Crippen LogP contribution in [0, 0.1) is 11.8 Å². The lowest BCUT2D eigenvalue weighted by Crippen LogP contribution is -2.56. The molecule has 1 spiro atoms. The number of ether oxygens (including phenoxy) is 1. The summed E-state index contributed by atoms with van der Waals surface area (Å²) in [5, 5.41) is 11.4. The predicted octanol–water partition coefficient (Wildman–Crippen LogP) is 4.46. The van der Waals surface area contributed by atoms with Crippen LogP contribution >= 0.6 is 0 Å². The predicted molar refractivity (Wildman–Crippen MR) is 166 cm³/mol. The van der Waals surface area contributed by atoms with Gasteiger partial charge in [-0.25, -0.2) is 0 Å². The van der Waals surface area contributed by atoms with Gasteiger partial charge in [-0.3, -0.25) is 14.4 Å². The Morgan fingerprint density at radius 2 is 1.60 bits per heavy atom. The quantitative estimate of drug-likeness (QED) is 0.329. The second-order valence-electron chi connectivity index (χ2n) is 12.4. The van der Waals surface area contributed by atoms with Crippen LogP contribution in [0.2, 0.25) is 0 Å². The highest BCUT2D eigenvalue weighted by atomic mass is 16.5. The van der Waals surface area contributed by atoms with Crippen LogP contribution in [0.1, 0.15) is 52.4 Å². The largest absolute Gasteiger partial charge is 0.396 e. The number of hydrogen-bond donors (Lipinski definition) is 1. The van der Waals surface area contributed by atoms with Gasteiger partial charge in [0.25, 0.3) is 5.91 Å². The molecule has 0 aliphatic carbocycles. The molecule has 4 heterocycles. The van der Waals surface area contributed by atoms with Crippen LogP contribution < -0.4 is 4.90 Å². The summed E-state index contributed by atoms with van der Waals surface area (Å²) in [4.78, 5) is 48.9. The number of rotatable bonds is 10. The van der Waals surface area contributed by atoms with Crippen molar-refractivity contribution in [3.8, 4) is 0 Å². The van der Waals surface area contributed by atoms with Gasteiger partial charge in [0.05, 0.1) is 17.4 Å². The maximum absolute atomic E-state index is 14.8. The molecular formula is C35H43N3O5. The first-order valence-corrected chi connectivity index (χ1v) is 16.0. The van der Waals surface area contributed by atoms with Crippen molar-refractivity contribution in [3.05, 3.63) is 66.8 Å². The minimum Gasteiger partial charge on any atom is -0.396 e. The highest BCUT2D eigenvalue weighted by Crippen LogP contribution is 2.58. The third-order valence-electron chi connectivity index (χ3n) is 9.87. The van der Waals surface area contributed by atoms with Crippen LogP contribution in [-0.2, 0) is 19.1 Å². The van der Waals surface area contributed by atoms with Gasteiger partial charge in [-0.15, -0.1) is 0 Å². The zero-order chi connectivity index (χ0) is 30.2. The normalized spacial score (nSPS) is 30.1. The number of benzene rings is 2. The lowest BCUT2D eigenvalue weighted by molar-refractivity contribution is -0.150. The van der Waals surface area contributed by atoms with E-state index >= 15 is 0 Å². The fourth-order valence-electron chi connectivity index (χ4n) is 7.85. The lowest BCUT2D eigenvalue weighted by Gasteiger charge is -2.38. The van der Waals surface area contributed by atoms with Crippen LogP contribution in [0.25, 0.3) is 10.8 Å². The number of anilines is 1. The Hall–Kier alpha value is -3.49. The Bertz CT molecular complexity index is 1450. The van der Waals surface area contributed by atoms with E-state index in [-0.39, 0.29) is 24.3 Å². The van der Waals surface area contributed by atoms with E-state index in [1.807, 2.05) is 85.5 Å². The number of fused-ring (bicyclic) bond motifs is 3. The first-order valence-electron chi connectivity index (χ1n) is 16.0. The number of hydrogen-bond acceptors (Lipinski definition) is 5. The van der Waals surface area contributed by atoms with Crippen molar-refractivity contribution in [3.63, 3.8) is 0 Å². The third kappa shape index (κ3) is 4.79. The molecule has 2 saturated heterocycles. The Balaban J connectivity index is 1.43. The summed E-state index contributed by atoms with van der Waals surface area (Å²) in [6, 6.07) is 13.2. The molecule has 0 bridgehead atoms. The number of aliphatic hydroxyl groups excluding tert-OH is 1. The molecule has 4 aliphatic rings. The van der Waals surface area contributed by atoms with Gasteiger partial charge < -0.3 is 24.5 Å². The third-order valence-corrected chi connectivity index (χ3v) is 9.87. The van der Waals surface area contributed by atoms with Crippen molar-refractivity contribution in [2.24, 2.45) is 11.8 Å². The van der Waals surface area contributed by atoms with E-state index in [1.165, 1.54) is 0 Å². The van der Waals surface area contributed by atoms with Gasteiger partial charge in [-0.2, -0.15) is 0 Å². The molecule has 1 unspecified atom stereocenters. The maximum atomic E-state index is 14.8. The van der Waals surface area contributed by atoms with Crippen molar-refractivity contribution in [2.45, 2.75) is 69.6 Å². The van der Waals surface area contributed by atoms with Gasteiger partial charge in [0.2, 0.25) is 11.8 Å². The number of carbonyl (C=O) groups excluding carboxylic acids is 3. The summed E-state index contributed by atoms with van der Waals surface area (Å²) < 4.78 is 7.08. The average molecular weight is 586 g/mol. The minimum absolute atomic E-state index is 0.0658. The minimum atomic E-state index is -1.25. The average Bonchev–Trinajstić information content (AvgIpc) is 3.30. The molecule has 0 aromatic heterocycles. The molecule has 1 N–H and O–H groups in total. The summed E-state index contributed by atoms with van der Waals surface area (Å²) in [5.41, 5.74) is -1.44. The number of likely N-dealkylation sites (tertiary alicyclic amines) is 1. The van der Waals surface area contributed by atoms with E-state index < -0.39 is 29.1 Å². The molecule has 0 saturated carbocycles. The molecule has 8 heteroatoms. The Morgan fingerprint density at radius 1 is 0.837 bits per heavy atom. The van der Waals surface area contributed by atoms with Crippen molar-refractivity contribution < 1.29 is 24.2 Å². The Morgan fingerprint density at radius 3 is 2.37 bits per heavy atom. The van der Waals surface area contributed by atoms with E-state index in [0.717, 1.165) is 35.7 Å². The van der Waals surface area contributed by atoms with Crippen LogP contribution in [0.3, 0.4) is 0 Å². The molecule has 6 rings (SSSR count). The number of unbranched alkanes of at least 4 members (excludes halogenated alkanes) is 3. The van der Waals surface area contributed by atoms with Crippen molar-refractivity contribution in [1.29, 1.82) is 0 Å². The van der Waals surface area contributed by atoms with Gasteiger partial charge in [-0.1, -0.05) is 81.3 Å². The fraction of sp³-hybridized carbons (Fsp3) is 0.514. The first kappa shape index (κ1) is 29.6. The molecule has 2 aromatic rings. The monoisotopic (exact) mass is 585 g/mol. The van der Waals surface area contributed by atoms with Gasteiger partial charge in [0.1, 0.15) is 11.6 Å². The highest BCUT2D eigenvalue weighted by molar-refractivity contribution is 6.06. The number of aliphatic hydroxyl groups is 1. The van der Waals surface area contributed by atoms with Crippen molar-refractivity contribution >= 4 is 34.2 Å². The number of carbonyl (C=O) groups is 3. The SMILES string of the molecule is CCCN1CC=C[C@@]2(CC)O[C@]34C=CCN(c5ccc6ccccc6c5)C(=O)C3N(CCCCCCO)C(=O)[C@@H]4[C@H]2C1=O. The van der Waals surface area contributed by atoms with Crippen LogP contribution in [0.5, 0.6) is 0 Å². The van der Waals surface area contributed by atoms with Gasteiger partial charge >= 0.3 is 0 Å². The second-order valence-corrected chi connectivity index (χ2v) is 12.4. The number of amides is 3. The molecule has 5 atom stereocenters. The highest BCUT2D eigenvalue weighted by Gasteiger charge is 2.75. The first-order chi connectivity index (χ1) is 20.9. The molecule has 8 nitrogen and oxygen atoms in total. The van der Waals surface area contributed by atoms with Gasteiger partial charge in [-0.05, 0) is 48.6 Å². The maximum Gasteiger partial charge on any atom is 0.253 e. The Labute approximate surface area is 254 Å². The topological polar surface area (TPSA) is 90.4 Å². The molecule has 0 radical (unpaired) electrons. The molecule has 3 amide bonds. The van der Waals surface area contributed by atoms with Gasteiger partial charge in [0, 0.05) is 38.5 Å². The van der Waals surface area contributed by atoms with E-state index in [4.69, 9.17) is 4.74 Å². The zero-order valence-corrected chi connectivity index (χ0v) is 25.3. The smallest absolute Gasteiger partial charge is 0.253 e. The second kappa shape index (κ2) is 11.9. The fourth-order valence-corrected chi connectivity index (χ4v) is 7.85. The molecule has 4 aliphatic heterocycles. The zero-order valence-electron chi connectivity index (χ0n) is 25.3. The Kier molecular flexibility index (Phi) is 8.18. The van der Waals surface area contributed by atoms with E-state index in [2.05, 4.69) is 0 Å². The summed E-state index contributed by atoms with van der Waals surface area (Å²) in [5.74, 6) is -1.92. The molecule has 228 valence electrons. The summed E-state index contributed by atoms with van der Waals surface area (Å²) in [6.07, 6.45) is 12.3. The summed E-state index contributed by atoms with van der Waals surface area (Å²) in [6.45, 7) is 6.03. The van der Waals surface area contributed by atoms with Crippen LogP contribution in [0.15, 0.2) is 66.8 Å². The van der Waals surface area contributed by atoms with E-state index in [0.29, 0.717) is 45.4 Å². The molecule has 2 fully saturated rings. The van der Waals surface area contributed by atoms with E-state index in [9.17, 15) is 19.5 Å². The summed E-state index contributed by atoms with van der Waals surface area (Å²) >= 11 is 0.